The van der Waals surface area contributed by atoms with Crippen molar-refractivity contribution in [3.8, 4) is 11.5 Å². The molecule has 1 N–H and O–H groups in total. The van der Waals surface area contributed by atoms with Gasteiger partial charge in [-0.2, -0.15) is 0 Å². The van der Waals surface area contributed by atoms with Crippen molar-refractivity contribution in [2.24, 2.45) is 0 Å². The number of carbonyl (C=O) groups excluding carboxylic acids is 1. The summed E-state index contributed by atoms with van der Waals surface area (Å²) >= 11 is 6.15. The monoisotopic (exact) mass is 356 g/mol. The second-order valence-corrected chi connectivity index (χ2v) is 5.77. The Hall–Kier alpha value is -2.79. The first-order chi connectivity index (χ1) is 12.2. The van der Waals surface area contributed by atoms with Crippen LogP contribution >= 0.6 is 11.6 Å². The molecule has 0 atom stereocenters. The van der Waals surface area contributed by atoms with Crippen molar-refractivity contribution in [1.29, 1.82) is 0 Å². The summed E-state index contributed by atoms with van der Waals surface area (Å²) in [5.74, 6) is 1.06. The fourth-order valence-electron chi connectivity index (χ4n) is 2.41. The third-order valence-electron chi connectivity index (χ3n) is 3.66. The van der Waals surface area contributed by atoms with Crippen LogP contribution in [0.25, 0.3) is 10.9 Å². The molecule has 6 heteroatoms. The Balaban J connectivity index is 1.60. The van der Waals surface area contributed by atoms with Gasteiger partial charge in [0.15, 0.2) is 6.61 Å². The van der Waals surface area contributed by atoms with Crippen molar-refractivity contribution in [3.63, 3.8) is 0 Å². The zero-order chi connectivity index (χ0) is 17.6. The van der Waals surface area contributed by atoms with Crippen molar-refractivity contribution in [3.05, 3.63) is 65.3 Å². The molecule has 0 saturated heterocycles. The van der Waals surface area contributed by atoms with Crippen LogP contribution < -0.4 is 14.8 Å². The Morgan fingerprint density at radius 2 is 2.08 bits per heavy atom. The lowest BCUT2D eigenvalue weighted by Gasteiger charge is -2.10. The number of nitrogens with zero attached hydrogens (tertiary/aromatic N) is 1. The summed E-state index contributed by atoms with van der Waals surface area (Å²) in [6, 6.07) is 14.6. The standard InChI is InChI=1S/C19H17ClN2O3/c1-24-14-5-2-4-13(10-14)11-22-18(23)12-25-17-8-7-16(20)15-6-3-9-21-19(15)17/h2-10H,11-12H2,1H3,(H,22,23). The lowest BCUT2D eigenvalue weighted by molar-refractivity contribution is -0.123. The molecule has 25 heavy (non-hydrogen) atoms. The van der Waals surface area contributed by atoms with Crippen molar-refractivity contribution in [2.75, 3.05) is 13.7 Å². The van der Waals surface area contributed by atoms with Crippen LogP contribution in [0.2, 0.25) is 5.02 Å². The molecule has 0 spiro atoms. The molecule has 128 valence electrons. The predicted octanol–water partition coefficient (Wildman–Crippen LogP) is 3.59. The number of hydrogen-bond donors (Lipinski definition) is 1. The van der Waals surface area contributed by atoms with Crippen molar-refractivity contribution in [1.82, 2.24) is 10.3 Å². The second-order valence-electron chi connectivity index (χ2n) is 5.36. The normalized spacial score (nSPS) is 10.5. The molecule has 2 aromatic carbocycles. The molecule has 1 heterocycles. The van der Waals surface area contributed by atoms with E-state index in [1.54, 1.807) is 31.5 Å². The summed E-state index contributed by atoms with van der Waals surface area (Å²) in [4.78, 5) is 16.3. The van der Waals surface area contributed by atoms with Gasteiger partial charge in [0, 0.05) is 18.1 Å². The van der Waals surface area contributed by atoms with E-state index in [2.05, 4.69) is 10.3 Å². The van der Waals surface area contributed by atoms with Gasteiger partial charge in [0.25, 0.3) is 5.91 Å². The molecule has 0 aliphatic heterocycles. The van der Waals surface area contributed by atoms with Crippen molar-refractivity contribution < 1.29 is 14.3 Å². The average molecular weight is 357 g/mol. The third-order valence-corrected chi connectivity index (χ3v) is 3.99. The predicted molar refractivity (Wildman–Crippen MR) is 97.1 cm³/mol. The number of pyridine rings is 1. The molecule has 5 nitrogen and oxygen atoms in total. The largest absolute Gasteiger partial charge is 0.497 e. The van der Waals surface area contributed by atoms with Crippen LogP contribution in [-0.4, -0.2) is 24.6 Å². The maximum atomic E-state index is 12.0. The Kier molecular flexibility index (Phi) is 5.36. The molecular formula is C19H17ClN2O3. The number of ether oxygens (including phenoxy) is 2. The second kappa shape index (κ2) is 7.85. The zero-order valence-corrected chi connectivity index (χ0v) is 14.4. The zero-order valence-electron chi connectivity index (χ0n) is 13.7. The first kappa shape index (κ1) is 17.0. The van der Waals surface area contributed by atoms with Crippen LogP contribution in [0, 0.1) is 0 Å². The van der Waals surface area contributed by atoms with Gasteiger partial charge in [-0.05, 0) is 42.0 Å². The number of methoxy groups -OCH3 is 1. The van der Waals surface area contributed by atoms with E-state index in [4.69, 9.17) is 21.1 Å². The maximum absolute atomic E-state index is 12.0. The van der Waals surface area contributed by atoms with Gasteiger partial charge >= 0.3 is 0 Å². The minimum absolute atomic E-state index is 0.0999. The molecule has 0 unspecified atom stereocenters. The van der Waals surface area contributed by atoms with Crippen molar-refractivity contribution >= 4 is 28.4 Å². The lowest BCUT2D eigenvalue weighted by Crippen LogP contribution is -2.28. The van der Waals surface area contributed by atoms with Crippen LogP contribution in [0.15, 0.2) is 54.7 Å². The van der Waals surface area contributed by atoms with Gasteiger partial charge in [-0.3, -0.25) is 9.78 Å². The number of hydrogen-bond acceptors (Lipinski definition) is 4. The van der Waals surface area contributed by atoms with Gasteiger partial charge in [0.05, 0.1) is 12.1 Å². The van der Waals surface area contributed by atoms with Crippen LogP contribution in [0.3, 0.4) is 0 Å². The lowest BCUT2D eigenvalue weighted by atomic mass is 10.2. The summed E-state index contributed by atoms with van der Waals surface area (Å²) in [6.45, 7) is 0.302. The molecule has 1 aromatic heterocycles. The van der Waals surface area contributed by atoms with Crippen LogP contribution in [0.4, 0.5) is 0 Å². The highest BCUT2D eigenvalue weighted by Crippen LogP contribution is 2.29. The first-order valence-electron chi connectivity index (χ1n) is 7.73. The van der Waals surface area contributed by atoms with Gasteiger partial charge in [-0.15, -0.1) is 0 Å². The highest BCUT2D eigenvalue weighted by atomic mass is 35.5. The van der Waals surface area contributed by atoms with Gasteiger partial charge < -0.3 is 14.8 Å². The SMILES string of the molecule is COc1cccc(CNC(=O)COc2ccc(Cl)c3cccnc23)c1. The number of nitrogens with one attached hydrogen (secondary N) is 1. The van der Waals surface area contributed by atoms with E-state index in [1.807, 2.05) is 30.3 Å². The van der Waals surface area contributed by atoms with Crippen LogP contribution in [-0.2, 0) is 11.3 Å². The topological polar surface area (TPSA) is 60.5 Å². The van der Waals surface area contributed by atoms with E-state index in [9.17, 15) is 4.79 Å². The summed E-state index contributed by atoms with van der Waals surface area (Å²) in [6.07, 6.45) is 1.66. The highest BCUT2D eigenvalue weighted by molar-refractivity contribution is 6.35. The van der Waals surface area contributed by atoms with E-state index in [0.717, 1.165) is 16.7 Å². The molecule has 0 bridgehead atoms. The van der Waals surface area contributed by atoms with Gasteiger partial charge in [-0.1, -0.05) is 23.7 Å². The fourth-order valence-corrected chi connectivity index (χ4v) is 2.62. The summed E-state index contributed by atoms with van der Waals surface area (Å²) < 4.78 is 10.8. The van der Waals surface area contributed by atoms with Gasteiger partial charge in [0.2, 0.25) is 0 Å². The van der Waals surface area contributed by atoms with E-state index < -0.39 is 0 Å². The number of fused-ring (bicyclic) bond motifs is 1. The fraction of sp³-hybridized carbons (Fsp3) is 0.158. The Morgan fingerprint density at radius 1 is 1.20 bits per heavy atom. The molecule has 0 radical (unpaired) electrons. The van der Waals surface area contributed by atoms with Crippen LogP contribution in [0.1, 0.15) is 5.56 Å². The highest BCUT2D eigenvalue weighted by Gasteiger charge is 2.09. The van der Waals surface area contributed by atoms with E-state index >= 15 is 0 Å². The minimum atomic E-state index is -0.221. The van der Waals surface area contributed by atoms with E-state index in [0.29, 0.717) is 22.8 Å². The Labute approximate surface area is 150 Å². The first-order valence-corrected chi connectivity index (χ1v) is 8.11. The maximum Gasteiger partial charge on any atom is 0.258 e. The Bertz CT molecular complexity index is 899. The van der Waals surface area contributed by atoms with Crippen LogP contribution in [0.5, 0.6) is 11.5 Å². The molecule has 0 fully saturated rings. The average Bonchev–Trinajstić information content (AvgIpc) is 2.66. The number of aromatic nitrogens is 1. The van der Waals surface area contributed by atoms with Gasteiger partial charge in [0.1, 0.15) is 17.0 Å². The summed E-state index contributed by atoms with van der Waals surface area (Å²) in [7, 11) is 1.61. The molecule has 0 saturated carbocycles. The quantitative estimate of drug-likeness (QED) is 0.733. The summed E-state index contributed by atoms with van der Waals surface area (Å²) in [5.41, 5.74) is 1.59. The van der Waals surface area contributed by atoms with E-state index in [-0.39, 0.29) is 12.5 Å². The molecule has 1 amide bonds. The number of benzene rings is 2. The minimum Gasteiger partial charge on any atom is -0.497 e. The summed E-state index contributed by atoms with van der Waals surface area (Å²) in [5, 5.41) is 4.20. The molecule has 3 rings (SSSR count). The molecule has 0 aliphatic rings. The smallest absolute Gasteiger partial charge is 0.258 e. The number of amides is 1. The van der Waals surface area contributed by atoms with Gasteiger partial charge in [-0.25, -0.2) is 0 Å². The number of halogens is 1. The van der Waals surface area contributed by atoms with E-state index in [1.165, 1.54) is 0 Å². The molecule has 3 aromatic rings. The number of carbonyl (C=O) groups is 1. The Morgan fingerprint density at radius 3 is 2.92 bits per heavy atom. The van der Waals surface area contributed by atoms with Crippen molar-refractivity contribution in [2.45, 2.75) is 6.54 Å². The number of rotatable bonds is 6. The molecule has 0 aliphatic carbocycles. The third kappa shape index (κ3) is 4.19. The molecular weight excluding hydrogens is 340 g/mol.